The van der Waals surface area contributed by atoms with Gasteiger partial charge in [-0.25, -0.2) is 5.01 Å². The molecule has 0 amide bonds. The first-order valence-electron chi connectivity index (χ1n) is 9.70. The van der Waals surface area contributed by atoms with Crippen molar-refractivity contribution in [3.63, 3.8) is 0 Å². The minimum atomic E-state index is -0.367. The zero-order valence-corrected chi connectivity index (χ0v) is 16.4. The molecule has 0 unspecified atom stereocenters. The molecular weight excluding hydrogens is 364 g/mol. The number of hydrogen-bond donors (Lipinski definition) is 1. The number of fused-ring (bicyclic) bond motifs is 3. The predicted molar refractivity (Wildman–Crippen MR) is 111 cm³/mol. The number of hydrogen-bond acceptors (Lipinski definition) is 5. The molecule has 0 aromatic heterocycles. The molecule has 3 aromatic rings. The van der Waals surface area contributed by atoms with Crippen LogP contribution in [0.4, 0.5) is 0 Å². The summed E-state index contributed by atoms with van der Waals surface area (Å²) in [4.78, 5) is 0. The number of aryl methyl sites for hydroxylation is 1. The fraction of sp³-hybridized carbons (Fsp3) is 0.208. The summed E-state index contributed by atoms with van der Waals surface area (Å²) in [5.41, 5.74) is 4.86. The Morgan fingerprint density at radius 2 is 1.76 bits per heavy atom. The van der Waals surface area contributed by atoms with E-state index in [1.54, 1.807) is 13.2 Å². The molecule has 0 saturated heterocycles. The second kappa shape index (κ2) is 6.85. The van der Waals surface area contributed by atoms with E-state index < -0.39 is 0 Å². The van der Waals surface area contributed by atoms with Crippen molar-refractivity contribution in [2.24, 2.45) is 5.10 Å². The molecule has 0 saturated carbocycles. The SMILES string of the molecule is COc1cccc2c1O[C@@H](c1ccccc1C)N1N=C(c3ccccc3O)C[C@H]21. The highest BCUT2D eigenvalue weighted by Gasteiger charge is 2.42. The monoisotopic (exact) mass is 386 g/mol. The minimum absolute atomic E-state index is 0.00747. The lowest BCUT2D eigenvalue weighted by Crippen LogP contribution is -2.34. The first kappa shape index (κ1) is 17.6. The number of rotatable bonds is 3. The number of para-hydroxylation sites is 2. The molecule has 146 valence electrons. The summed E-state index contributed by atoms with van der Waals surface area (Å²) in [6, 6.07) is 21.5. The zero-order valence-electron chi connectivity index (χ0n) is 16.4. The lowest BCUT2D eigenvalue weighted by atomic mass is 9.94. The van der Waals surface area contributed by atoms with Crippen LogP contribution in [0.5, 0.6) is 17.2 Å². The summed E-state index contributed by atoms with van der Waals surface area (Å²) in [6.07, 6.45) is 0.317. The van der Waals surface area contributed by atoms with Crippen molar-refractivity contribution in [2.45, 2.75) is 25.6 Å². The molecule has 3 aromatic carbocycles. The van der Waals surface area contributed by atoms with Crippen LogP contribution < -0.4 is 9.47 Å². The lowest BCUT2D eigenvalue weighted by molar-refractivity contribution is -0.0212. The van der Waals surface area contributed by atoms with Crippen LogP contribution in [0.3, 0.4) is 0 Å². The summed E-state index contributed by atoms with van der Waals surface area (Å²) < 4.78 is 12.1. The van der Waals surface area contributed by atoms with Gasteiger partial charge in [-0.3, -0.25) is 0 Å². The van der Waals surface area contributed by atoms with E-state index in [1.165, 1.54) is 0 Å². The molecule has 2 atom stereocenters. The van der Waals surface area contributed by atoms with E-state index in [2.05, 4.69) is 25.1 Å². The Hall–Kier alpha value is -3.47. The van der Waals surface area contributed by atoms with E-state index in [9.17, 15) is 5.11 Å². The molecule has 5 rings (SSSR count). The number of hydrazone groups is 1. The third kappa shape index (κ3) is 2.81. The average Bonchev–Trinajstić information content (AvgIpc) is 3.19. The number of phenolic OH excluding ortho intramolecular Hbond substituents is 1. The summed E-state index contributed by atoms with van der Waals surface area (Å²) >= 11 is 0. The summed E-state index contributed by atoms with van der Waals surface area (Å²) in [5, 5.41) is 17.3. The van der Waals surface area contributed by atoms with E-state index in [0.717, 1.165) is 39.5 Å². The molecule has 29 heavy (non-hydrogen) atoms. The van der Waals surface area contributed by atoms with Gasteiger partial charge in [0.15, 0.2) is 11.5 Å². The van der Waals surface area contributed by atoms with Crippen LogP contribution >= 0.6 is 0 Å². The zero-order chi connectivity index (χ0) is 20.0. The molecule has 0 spiro atoms. The van der Waals surface area contributed by atoms with Gasteiger partial charge in [-0.2, -0.15) is 5.10 Å². The summed E-state index contributed by atoms with van der Waals surface area (Å²) in [7, 11) is 1.66. The standard InChI is InChI=1S/C24H22N2O3/c1-15-8-3-4-9-16(15)24-26-20(18-11-7-13-22(28-2)23(18)29-24)14-19(25-26)17-10-5-6-12-21(17)27/h3-13,20,24,27H,14H2,1-2H3/t20-,24+/m1/s1. The normalized spacial score (nSPS) is 19.8. The van der Waals surface area contributed by atoms with Crippen molar-refractivity contribution < 1.29 is 14.6 Å². The molecule has 2 aliphatic rings. The predicted octanol–water partition coefficient (Wildman–Crippen LogP) is 4.95. The highest BCUT2D eigenvalue weighted by molar-refractivity contribution is 6.04. The maximum absolute atomic E-state index is 10.4. The van der Waals surface area contributed by atoms with Crippen molar-refractivity contribution in [3.05, 3.63) is 89.0 Å². The van der Waals surface area contributed by atoms with E-state index in [1.807, 2.05) is 47.5 Å². The minimum Gasteiger partial charge on any atom is -0.507 e. The number of benzene rings is 3. The fourth-order valence-electron chi connectivity index (χ4n) is 4.19. The number of ether oxygens (including phenoxy) is 2. The summed E-state index contributed by atoms with van der Waals surface area (Å²) in [5.74, 6) is 1.72. The van der Waals surface area contributed by atoms with Gasteiger partial charge in [-0.05, 0) is 30.7 Å². The van der Waals surface area contributed by atoms with Crippen LogP contribution in [0.15, 0.2) is 71.8 Å². The van der Waals surface area contributed by atoms with E-state index in [4.69, 9.17) is 14.6 Å². The smallest absolute Gasteiger partial charge is 0.214 e. The lowest BCUT2D eigenvalue weighted by Gasteiger charge is -2.39. The molecule has 2 aliphatic heterocycles. The van der Waals surface area contributed by atoms with Crippen molar-refractivity contribution >= 4 is 5.71 Å². The highest BCUT2D eigenvalue weighted by atomic mass is 16.5. The van der Waals surface area contributed by atoms with Crippen LogP contribution in [0.1, 0.15) is 40.9 Å². The molecule has 0 aliphatic carbocycles. The molecule has 0 bridgehead atoms. The third-order valence-electron chi connectivity index (χ3n) is 5.67. The molecule has 5 nitrogen and oxygen atoms in total. The third-order valence-corrected chi connectivity index (χ3v) is 5.67. The van der Waals surface area contributed by atoms with E-state index >= 15 is 0 Å². The van der Waals surface area contributed by atoms with E-state index in [-0.39, 0.29) is 18.0 Å². The van der Waals surface area contributed by atoms with Gasteiger partial charge in [-0.15, -0.1) is 0 Å². The van der Waals surface area contributed by atoms with Gasteiger partial charge in [0.05, 0.1) is 18.9 Å². The topological polar surface area (TPSA) is 54.3 Å². The average molecular weight is 386 g/mol. The Kier molecular flexibility index (Phi) is 4.16. The van der Waals surface area contributed by atoms with Gasteiger partial charge in [0.2, 0.25) is 6.23 Å². The summed E-state index contributed by atoms with van der Waals surface area (Å²) in [6.45, 7) is 2.08. The van der Waals surface area contributed by atoms with Crippen LogP contribution in [-0.4, -0.2) is 22.9 Å². The van der Waals surface area contributed by atoms with Crippen LogP contribution in [0, 0.1) is 6.92 Å². The first-order chi connectivity index (χ1) is 14.2. The van der Waals surface area contributed by atoms with Crippen molar-refractivity contribution in [1.82, 2.24) is 5.01 Å². The van der Waals surface area contributed by atoms with Crippen molar-refractivity contribution in [1.29, 1.82) is 0 Å². The Labute approximate surface area is 169 Å². The Bertz CT molecular complexity index is 1110. The molecule has 5 heteroatoms. The van der Waals surface area contributed by atoms with Gasteiger partial charge < -0.3 is 14.6 Å². The van der Waals surface area contributed by atoms with Gasteiger partial charge in [0, 0.05) is 23.1 Å². The number of aromatic hydroxyl groups is 1. The van der Waals surface area contributed by atoms with Gasteiger partial charge in [-0.1, -0.05) is 48.5 Å². The Morgan fingerprint density at radius 1 is 1.00 bits per heavy atom. The molecule has 0 fully saturated rings. The molecular formula is C24H22N2O3. The maximum Gasteiger partial charge on any atom is 0.214 e. The quantitative estimate of drug-likeness (QED) is 0.692. The van der Waals surface area contributed by atoms with Crippen molar-refractivity contribution in [2.75, 3.05) is 7.11 Å². The van der Waals surface area contributed by atoms with Gasteiger partial charge in [0.1, 0.15) is 5.75 Å². The second-order valence-corrected chi connectivity index (χ2v) is 7.37. The Morgan fingerprint density at radius 3 is 2.55 bits per heavy atom. The molecule has 2 heterocycles. The van der Waals surface area contributed by atoms with Crippen molar-refractivity contribution in [3.8, 4) is 17.2 Å². The van der Waals surface area contributed by atoms with Gasteiger partial charge in [0.25, 0.3) is 0 Å². The molecule has 0 radical (unpaired) electrons. The van der Waals surface area contributed by atoms with Crippen LogP contribution in [-0.2, 0) is 0 Å². The fourth-order valence-corrected chi connectivity index (χ4v) is 4.19. The van der Waals surface area contributed by atoms with Crippen LogP contribution in [0.2, 0.25) is 0 Å². The number of nitrogens with zero attached hydrogens (tertiary/aromatic N) is 2. The maximum atomic E-state index is 10.4. The number of methoxy groups -OCH3 is 1. The van der Waals surface area contributed by atoms with Gasteiger partial charge >= 0.3 is 0 Å². The van der Waals surface area contributed by atoms with Crippen LogP contribution in [0.25, 0.3) is 0 Å². The Balaban J connectivity index is 1.66. The largest absolute Gasteiger partial charge is 0.507 e. The second-order valence-electron chi connectivity index (χ2n) is 7.37. The highest BCUT2D eigenvalue weighted by Crippen LogP contribution is 2.51. The first-order valence-corrected chi connectivity index (χ1v) is 9.70. The van der Waals surface area contributed by atoms with E-state index in [0.29, 0.717) is 6.42 Å². The molecule has 1 N–H and O–H groups in total. The number of phenols is 1.